The predicted molar refractivity (Wildman–Crippen MR) is 80.9 cm³/mol. The Morgan fingerprint density at radius 1 is 1.33 bits per heavy atom. The molecule has 2 amide bonds. The van der Waals surface area contributed by atoms with Gasteiger partial charge < -0.3 is 14.6 Å². The van der Waals surface area contributed by atoms with Crippen LogP contribution in [0.4, 0.5) is 4.79 Å². The molecule has 4 nitrogen and oxygen atoms in total. The normalized spacial score (nSPS) is 20.0. The van der Waals surface area contributed by atoms with Gasteiger partial charge in [0.15, 0.2) is 0 Å². The third-order valence-corrected chi connectivity index (χ3v) is 3.95. The lowest BCUT2D eigenvalue weighted by Gasteiger charge is -2.20. The van der Waals surface area contributed by atoms with E-state index in [1.165, 1.54) is 5.56 Å². The number of urea groups is 1. The fraction of sp³-hybridized carbons (Fsp3) is 0.353. The summed E-state index contributed by atoms with van der Waals surface area (Å²) in [5.41, 5.74) is 2.32. The number of rotatable bonds is 5. The van der Waals surface area contributed by atoms with Crippen molar-refractivity contribution in [2.24, 2.45) is 0 Å². The van der Waals surface area contributed by atoms with E-state index >= 15 is 0 Å². The first-order chi connectivity index (χ1) is 10.3. The van der Waals surface area contributed by atoms with Gasteiger partial charge in [0, 0.05) is 24.1 Å². The molecule has 2 aromatic rings. The van der Waals surface area contributed by atoms with E-state index in [2.05, 4.69) is 17.4 Å². The fourth-order valence-corrected chi connectivity index (χ4v) is 2.60. The summed E-state index contributed by atoms with van der Waals surface area (Å²) in [6.07, 6.45) is 4.34. The first kappa shape index (κ1) is 13.7. The quantitative estimate of drug-likeness (QED) is 0.915. The summed E-state index contributed by atoms with van der Waals surface area (Å²) in [5.74, 6) is 0.461. The Balaban J connectivity index is 1.54. The van der Waals surface area contributed by atoms with E-state index in [1.807, 2.05) is 31.2 Å². The van der Waals surface area contributed by atoms with Crippen LogP contribution in [-0.4, -0.2) is 23.5 Å². The Bertz CT molecular complexity index is 580. The van der Waals surface area contributed by atoms with E-state index < -0.39 is 0 Å². The lowest BCUT2D eigenvalue weighted by molar-refractivity contribution is 0.197. The molecule has 1 N–H and O–H groups in total. The van der Waals surface area contributed by atoms with Crippen molar-refractivity contribution >= 4 is 6.03 Å². The van der Waals surface area contributed by atoms with Crippen LogP contribution in [0.3, 0.4) is 0 Å². The molecule has 0 bridgehead atoms. The Morgan fingerprint density at radius 3 is 2.81 bits per heavy atom. The maximum atomic E-state index is 12.3. The SMILES string of the molecule is CCN(Cc1ccoc1)C(=O)N[C@H]1C[C@@H]1c1ccccc1. The van der Waals surface area contributed by atoms with Crippen molar-refractivity contribution in [3.8, 4) is 0 Å². The summed E-state index contributed by atoms with van der Waals surface area (Å²) < 4.78 is 5.05. The molecule has 1 fully saturated rings. The number of amides is 2. The molecule has 21 heavy (non-hydrogen) atoms. The van der Waals surface area contributed by atoms with Crippen LogP contribution in [0, 0.1) is 0 Å². The molecule has 1 aromatic heterocycles. The molecule has 0 aliphatic heterocycles. The standard InChI is InChI=1S/C17H20N2O2/c1-2-19(11-13-8-9-21-12-13)17(20)18-16-10-15(16)14-6-4-3-5-7-14/h3-9,12,15-16H,2,10-11H2,1H3,(H,18,20)/t15-,16+/m1/s1. The number of carbonyl (C=O) groups is 1. The topological polar surface area (TPSA) is 45.5 Å². The Morgan fingerprint density at radius 2 is 2.14 bits per heavy atom. The van der Waals surface area contributed by atoms with E-state index in [0.29, 0.717) is 19.0 Å². The van der Waals surface area contributed by atoms with Crippen LogP contribution in [0.15, 0.2) is 53.3 Å². The molecule has 0 radical (unpaired) electrons. The molecule has 1 aliphatic carbocycles. The van der Waals surface area contributed by atoms with Gasteiger partial charge in [-0.25, -0.2) is 4.79 Å². The third-order valence-electron chi connectivity index (χ3n) is 3.95. The molecule has 3 rings (SSSR count). The van der Waals surface area contributed by atoms with E-state index in [9.17, 15) is 4.79 Å². The van der Waals surface area contributed by atoms with Gasteiger partial charge in [-0.1, -0.05) is 30.3 Å². The Kier molecular flexibility index (Phi) is 3.95. The number of nitrogens with zero attached hydrogens (tertiary/aromatic N) is 1. The molecular formula is C17H20N2O2. The minimum Gasteiger partial charge on any atom is -0.472 e. The highest BCUT2D eigenvalue weighted by Gasteiger charge is 2.39. The molecule has 1 aliphatic rings. The lowest BCUT2D eigenvalue weighted by atomic mass is 10.1. The number of hydrogen-bond acceptors (Lipinski definition) is 2. The van der Waals surface area contributed by atoms with Gasteiger partial charge in [-0.05, 0) is 25.0 Å². The second-order valence-electron chi connectivity index (χ2n) is 5.45. The fourth-order valence-electron chi connectivity index (χ4n) is 2.60. The minimum atomic E-state index is 0.00197. The highest BCUT2D eigenvalue weighted by molar-refractivity contribution is 5.75. The second-order valence-corrected chi connectivity index (χ2v) is 5.45. The zero-order valence-electron chi connectivity index (χ0n) is 12.2. The van der Waals surface area contributed by atoms with Gasteiger partial charge in [-0.2, -0.15) is 0 Å². The van der Waals surface area contributed by atoms with Gasteiger partial charge in [0.1, 0.15) is 0 Å². The monoisotopic (exact) mass is 284 g/mol. The Labute approximate surface area is 124 Å². The van der Waals surface area contributed by atoms with Gasteiger partial charge in [0.05, 0.1) is 19.1 Å². The van der Waals surface area contributed by atoms with Gasteiger partial charge >= 0.3 is 6.03 Å². The Hall–Kier alpha value is -2.23. The van der Waals surface area contributed by atoms with Gasteiger partial charge in [0.2, 0.25) is 0 Å². The molecule has 0 unspecified atom stereocenters. The van der Waals surface area contributed by atoms with Crippen LogP contribution in [0.5, 0.6) is 0 Å². The number of furan rings is 1. The molecule has 0 saturated heterocycles. The largest absolute Gasteiger partial charge is 0.472 e. The van der Waals surface area contributed by atoms with Crippen molar-refractivity contribution in [1.29, 1.82) is 0 Å². The molecule has 0 spiro atoms. The average Bonchev–Trinajstić information content (AvgIpc) is 3.08. The maximum Gasteiger partial charge on any atom is 0.317 e. The zero-order valence-corrected chi connectivity index (χ0v) is 12.2. The van der Waals surface area contributed by atoms with Crippen LogP contribution in [0.2, 0.25) is 0 Å². The summed E-state index contributed by atoms with van der Waals surface area (Å²) in [4.78, 5) is 14.1. The molecule has 1 saturated carbocycles. The predicted octanol–water partition coefficient (Wildman–Crippen LogP) is 3.37. The highest BCUT2D eigenvalue weighted by atomic mass is 16.3. The van der Waals surface area contributed by atoms with Gasteiger partial charge in [-0.15, -0.1) is 0 Å². The molecule has 2 atom stereocenters. The summed E-state index contributed by atoms with van der Waals surface area (Å²) in [6.45, 7) is 3.25. The van der Waals surface area contributed by atoms with E-state index in [4.69, 9.17) is 4.42 Å². The van der Waals surface area contributed by atoms with Crippen LogP contribution in [0.1, 0.15) is 30.4 Å². The van der Waals surface area contributed by atoms with E-state index in [1.54, 1.807) is 17.4 Å². The lowest BCUT2D eigenvalue weighted by Crippen LogP contribution is -2.40. The van der Waals surface area contributed by atoms with Gasteiger partial charge in [-0.3, -0.25) is 0 Å². The third kappa shape index (κ3) is 3.27. The number of benzene rings is 1. The molecule has 1 aromatic carbocycles. The first-order valence-corrected chi connectivity index (χ1v) is 7.39. The van der Waals surface area contributed by atoms with Crippen molar-refractivity contribution < 1.29 is 9.21 Å². The molecular weight excluding hydrogens is 264 g/mol. The van der Waals surface area contributed by atoms with Crippen LogP contribution in [0.25, 0.3) is 0 Å². The summed E-state index contributed by atoms with van der Waals surface area (Å²) in [6, 6.07) is 12.5. The first-order valence-electron chi connectivity index (χ1n) is 7.39. The van der Waals surface area contributed by atoms with Crippen molar-refractivity contribution in [3.05, 3.63) is 60.1 Å². The number of carbonyl (C=O) groups excluding carboxylic acids is 1. The van der Waals surface area contributed by atoms with E-state index in [-0.39, 0.29) is 12.1 Å². The molecule has 110 valence electrons. The molecule has 4 heteroatoms. The van der Waals surface area contributed by atoms with Crippen molar-refractivity contribution in [1.82, 2.24) is 10.2 Å². The summed E-state index contributed by atoms with van der Waals surface area (Å²) in [7, 11) is 0. The van der Waals surface area contributed by atoms with Crippen molar-refractivity contribution in [2.75, 3.05) is 6.54 Å². The maximum absolute atomic E-state index is 12.3. The van der Waals surface area contributed by atoms with Gasteiger partial charge in [0.25, 0.3) is 0 Å². The number of hydrogen-bond donors (Lipinski definition) is 1. The smallest absolute Gasteiger partial charge is 0.317 e. The number of nitrogens with one attached hydrogen (secondary N) is 1. The van der Waals surface area contributed by atoms with Crippen LogP contribution < -0.4 is 5.32 Å². The second kappa shape index (κ2) is 6.04. The van der Waals surface area contributed by atoms with Crippen molar-refractivity contribution in [3.63, 3.8) is 0 Å². The van der Waals surface area contributed by atoms with Crippen molar-refractivity contribution in [2.45, 2.75) is 31.8 Å². The van der Waals surface area contributed by atoms with Crippen LogP contribution >= 0.6 is 0 Å². The molecule has 1 heterocycles. The highest BCUT2D eigenvalue weighted by Crippen LogP contribution is 2.40. The average molecular weight is 284 g/mol. The van der Waals surface area contributed by atoms with Crippen LogP contribution in [-0.2, 0) is 6.54 Å². The zero-order chi connectivity index (χ0) is 14.7. The summed E-state index contributed by atoms with van der Waals surface area (Å²) >= 11 is 0. The summed E-state index contributed by atoms with van der Waals surface area (Å²) in [5, 5.41) is 3.12. The van der Waals surface area contributed by atoms with E-state index in [0.717, 1.165) is 12.0 Å². The minimum absolute atomic E-state index is 0.00197.